The molecule has 2 atom stereocenters. The summed E-state index contributed by atoms with van der Waals surface area (Å²) in [5.74, 6) is 0. The maximum absolute atomic E-state index is 12.1. The van der Waals surface area contributed by atoms with E-state index in [0.717, 1.165) is 0 Å². The molecule has 0 aliphatic carbocycles. The van der Waals surface area contributed by atoms with E-state index >= 15 is 0 Å². The third kappa shape index (κ3) is 2.80. The Bertz CT molecular complexity index is 396. The van der Waals surface area contributed by atoms with Gasteiger partial charge in [0, 0.05) is 0 Å². The first-order chi connectivity index (χ1) is 6.96. The van der Waals surface area contributed by atoms with E-state index in [1.807, 2.05) is 0 Å². The minimum atomic E-state index is -4.86. The van der Waals surface area contributed by atoms with Crippen molar-refractivity contribution in [3.8, 4) is 6.07 Å². The maximum Gasteiger partial charge on any atom is 0.472 e. The lowest BCUT2D eigenvalue weighted by Gasteiger charge is -2.11. The summed E-state index contributed by atoms with van der Waals surface area (Å²) in [7, 11) is -3.19. The minimum absolute atomic E-state index is 0.107. The van der Waals surface area contributed by atoms with Crippen molar-refractivity contribution in [1.82, 2.24) is 0 Å². The van der Waals surface area contributed by atoms with Crippen LogP contribution < -0.4 is 0 Å². The van der Waals surface area contributed by atoms with Crippen molar-refractivity contribution in [2.75, 3.05) is 0 Å². The van der Waals surface area contributed by atoms with Crippen LogP contribution in [0, 0.1) is 11.3 Å². The van der Waals surface area contributed by atoms with Crippen LogP contribution in [0.5, 0.6) is 0 Å². The van der Waals surface area contributed by atoms with Crippen molar-refractivity contribution in [2.45, 2.75) is 10.8 Å². The summed E-state index contributed by atoms with van der Waals surface area (Å²) in [6.07, 6.45) is 0. The third-order valence-electron chi connectivity index (χ3n) is 1.66. The lowest BCUT2D eigenvalue weighted by Crippen LogP contribution is -2.21. The van der Waals surface area contributed by atoms with Gasteiger partial charge in [-0.2, -0.15) is 18.4 Å². The van der Waals surface area contributed by atoms with Gasteiger partial charge in [-0.1, -0.05) is 30.3 Å². The molecule has 2 nitrogen and oxygen atoms in total. The summed E-state index contributed by atoms with van der Waals surface area (Å²) >= 11 is 0. The molecule has 0 aromatic heterocycles. The Labute approximate surface area is 86.8 Å². The highest BCUT2D eigenvalue weighted by atomic mass is 32.2. The van der Waals surface area contributed by atoms with Gasteiger partial charge in [0.2, 0.25) is 0 Å². The van der Waals surface area contributed by atoms with Crippen LogP contribution in [-0.4, -0.2) is 9.72 Å². The fraction of sp³-hybridized carbons (Fsp3) is 0.222. The van der Waals surface area contributed by atoms with E-state index in [0.29, 0.717) is 0 Å². The molecular formula is C9H6F3NOS. The van der Waals surface area contributed by atoms with E-state index < -0.39 is 21.6 Å². The Hall–Kier alpha value is -1.35. The molecule has 1 rings (SSSR count). The summed E-state index contributed by atoms with van der Waals surface area (Å²) in [6, 6.07) is 8.69. The molecule has 1 aromatic rings. The van der Waals surface area contributed by atoms with Crippen LogP contribution in [0.15, 0.2) is 30.3 Å². The predicted octanol–water partition coefficient (Wildman–Crippen LogP) is 2.52. The van der Waals surface area contributed by atoms with E-state index in [4.69, 9.17) is 5.26 Å². The van der Waals surface area contributed by atoms with Crippen LogP contribution in [0.2, 0.25) is 0 Å². The number of nitrogens with zero attached hydrogens (tertiary/aromatic N) is 1. The van der Waals surface area contributed by atoms with Gasteiger partial charge in [-0.3, -0.25) is 0 Å². The van der Waals surface area contributed by atoms with Crippen LogP contribution in [0.1, 0.15) is 10.8 Å². The molecule has 1 aromatic carbocycles. The maximum atomic E-state index is 12.1. The molecule has 0 aliphatic rings. The molecule has 15 heavy (non-hydrogen) atoms. The van der Waals surface area contributed by atoms with Crippen LogP contribution in [-0.2, 0) is 10.8 Å². The van der Waals surface area contributed by atoms with Gasteiger partial charge in [0.1, 0.15) is 10.8 Å². The standard InChI is InChI=1S/C9H6F3NOS/c10-9(11,12)15(14)8(6-13)7-4-2-1-3-5-7/h1-5,8H. The zero-order valence-electron chi connectivity index (χ0n) is 7.36. The molecule has 0 radical (unpaired) electrons. The molecule has 0 N–H and O–H groups in total. The van der Waals surface area contributed by atoms with E-state index in [9.17, 15) is 17.4 Å². The molecule has 0 amide bonds. The molecule has 0 saturated heterocycles. The number of halogens is 3. The van der Waals surface area contributed by atoms with Crippen LogP contribution in [0.25, 0.3) is 0 Å². The SMILES string of the molecule is N#CC(c1ccccc1)S(=O)C(F)(F)F. The van der Waals surface area contributed by atoms with Gasteiger partial charge in [-0.05, 0) is 5.56 Å². The molecule has 0 saturated carbocycles. The molecule has 0 fully saturated rings. The first kappa shape index (κ1) is 11.7. The van der Waals surface area contributed by atoms with E-state index in [2.05, 4.69) is 0 Å². The molecule has 6 heteroatoms. The molecule has 0 aliphatic heterocycles. The number of alkyl halides is 3. The van der Waals surface area contributed by atoms with E-state index in [1.54, 1.807) is 6.07 Å². The quantitative estimate of drug-likeness (QED) is 0.787. The Morgan fingerprint density at radius 3 is 2.20 bits per heavy atom. The highest BCUT2D eigenvalue weighted by Gasteiger charge is 2.42. The third-order valence-corrected chi connectivity index (χ3v) is 2.92. The van der Waals surface area contributed by atoms with Crippen molar-refractivity contribution in [2.24, 2.45) is 0 Å². The van der Waals surface area contributed by atoms with Crippen molar-refractivity contribution >= 4 is 10.8 Å². The lowest BCUT2D eigenvalue weighted by atomic mass is 10.2. The van der Waals surface area contributed by atoms with Crippen LogP contribution in [0.3, 0.4) is 0 Å². The molecule has 2 unspecified atom stereocenters. The molecule has 0 spiro atoms. The largest absolute Gasteiger partial charge is 0.472 e. The minimum Gasteiger partial charge on any atom is -0.249 e. The Kier molecular flexibility index (Phi) is 3.48. The summed E-state index contributed by atoms with van der Waals surface area (Å²) in [4.78, 5) is 0. The fourth-order valence-corrected chi connectivity index (χ4v) is 1.77. The van der Waals surface area contributed by atoms with Gasteiger partial charge in [-0.25, -0.2) is 4.21 Å². The van der Waals surface area contributed by atoms with Gasteiger partial charge in [0.15, 0.2) is 5.25 Å². The lowest BCUT2D eigenvalue weighted by molar-refractivity contribution is -0.0388. The van der Waals surface area contributed by atoms with Crippen molar-refractivity contribution < 1.29 is 17.4 Å². The number of hydrogen-bond donors (Lipinski definition) is 0. The van der Waals surface area contributed by atoms with Gasteiger partial charge in [-0.15, -0.1) is 0 Å². The summed E-state index contributed by atoms with van der Waals surface area (Å²) in [5, 5.41) is 6.91. The van der Waals surface area contributed by atoms with Crippen molar-refractivity contribution in [1.29, 1.82) is 5.26 Å². The first-order valence-corrected chi connectivity index (χ1v) is 5.10. The Balaban J connectivity index is 3.03. The first-order valence-electron chi connectivity index (χ1n) is 3.89. The molecule has 0 heterocycles. The van der Waals surface area contributed by atoms with Gasteiger partial charge in [0.05, 0.1) is 6.07 Å². The second-order valence-corrected chi connectivity index (χ2v) is 4.19. The van der Waals surface area contributed by atoms with E-state index in [1.165, 1.54) is 30.3 Å². The smallest absolute Gasteiger partial charge is 0.249 e. The number of hydrogen-bond acceptors (Lipinski definition) is 2. The molecule has 80 valence electrons. The normalized spacial score (nSPS) is 15.3. The van der Waals surface area contributed by atoms with E-state index in [-0.39, 0.29) is 5.56 Å². The average molecular weight is 233 g/mol. The second-order valence-electron chi connectivity index (χ2n) is 2.66. The number of benzene rings is 1. The highest BCUT2D eigenvalue weighted by Crippen LogP contribution is 2.31. The molecular weight excluding hydrogens is 227 g/mol. The zero-order chi connectivity index (χ0) is 11.5. The predicted molar refractivity (Wildman–Crippen MR) is 49.0 cm³/mol. The summed E-state index contributed by atoms with van der Waals surface area (Å²) in [5.41, 5.74) is -4.76. The Morgan fingerprint density at radius 2 is 1.80 bits per heavy atom. The van der Waals surface area contributed by atoms with Crippen molar-refractivity contribution in [3.05, 3.63) is 35.9 Å². The number of rotatable bonds is 2. The van der Waals surface area contributed by atoms with Gasteiger partial charge >= 0.3 is 5.51 Å². The van der Waals surface area contributed by atoms with Crippen LogP contribution >= 0.6 is 0 Å². The van der Waals surface area contributed by atoms with Gasteiger partial charge < -0.3 is 0 Å². The van der Waals surface area contributed by atoms with Gasteiger partial charge in [0.25, 0.3) is 0 Å². The fourth-order valence-electron chi connectivity index (χ4n) is 1.01. The van der Waals surface area contributed by atoms with Crippen molar-refractivity contribution in [3.63, 3.8) is 0 Å². The summed E-state index contributed by atoms with van der Waals surface area (Å²) in [6.45, 7) is 0. The zero-order valence-corrected chi connectivity index (χ0v) is 8.18. The summed E-state index contributed by atoms with van der Waals surface area (Å²) < 4.78 is 47.3. The monoisotopic (exact) mass is 233 g/mol. The topological polar surface area (TPSA) is 40.9 Å². The Morgan fingerprint density at radius 1 is 1.27 bits per heavy atom. The average Bonchev–Trinajstić information content (AvgIpc) is 2.19. The van der Waals surface area contributed by atoms with Crippen LogP contribution in [0.4, 0.5) is 13.2 Å². The highest BCUT2D eigenvalue weighted by molar-refractivity contribution is 7.86. The number of nitriles is 1. The molecule has 0 bridgehead atoms. The second kappa shape index (κ2) is 4.45.